The van der Waals surface area contributed by atoms with E-state index in [0.717, 1.165) is 30.2 Å². The maximum Gasteiger partial charge on any atom is 0.422 e. The van der Waals surface area contributed by atoms with Gasteiger partial charge in [-0.15, -0.1) is 11.6 Å². The number of halogens is 4. The number of ether oxygens (including phenoxy) is 1. The van der Waals surface area contributed by atoms with Crippen LogP contribution in [0.3, 0.4) is 0 Å². The van der Waals surface area contributed by atoms with Crippen LogP contribution in [0.15, 0.2) is 58.5 Å². The van der Waals surface area contributed by atoms with Crippen LogP contribution in [0.4, 0.5) is 18.9 Å². The van der Waals surface area contributed by atoms with E-state index in [1.807, 2.05) is 24.3 Å². The number of nitrogens with zero attached hydrogens (tertiary/aromatic N) is 2. The Balaban J connectivity index is 1.41. The molecule has 0 aromatic heterocycles. The minimum Gasteiger partial charge on any atom is -0.455 e. The normalized spacial score (nSPS) is 17.5. The van der Waals surface area contributed by atoms with Crippen LogP contribution in [0.1, 0.15) is 40.7 Å². The maximum absolute atomic E-state index is 12.8. The van der Waals surface area contributed by atoms with Crippen molar-refractivity contribution in [3.05, 3.63) is 65.2 Å². The molecule has 1 atom stereocenters. The molecule has 1 fully saturated rings. The second-order valence-electron chi connectivity index (χ2n) is 9.88. The number of hydrogen-bond acceptors (Lipinski definition) is 10. The lowest BCUT2D eigenvalue weighted by Gasteiger charge is -2.27. The van der Waals surface area contributed by atoms with E-state index >= 15 is 0 Å². The number of hydrogen-bond donors (Lipinski definition) is 5. The minimum atomic E-state index is -4.58. The van der Waals surface area contributed by atoms with E-state index in [9.17, 15) is 31.2 Å². The number of benzene rings is 2. The third-order valence-electron chi connectivity index (χ3n) is 6.24. The van der Waals surface area contributed by atoms with E-state index in [4.69, 9.17) is 16.3 Å². The van der Waals surface area contributed by atoms with Crippen molar-refractivity contribution in [3.8, 4) is 0 Å². The zero-order valence-corrected chi connectivity index (χ0v) is 24.4. The molecule has 1 unspecified atom stereocenters. The van der Waals surface area contributed by atoms with Gasteiger partial charge in [0.05, 0.1) is 11.8 Å². The third kappa shape index (κ3) is 9.74. The second kappa shape index (κ2) is 13.1. The predicted molar refractivity (Wildman–Crippen MR) is 154 cm³/mol. The summed E-state index contributed by atoms with van der Waals surface area (Å²) >= 11 is 5.89. The van der Waals surface area contributed by atoms with Gasteiger partial charge < -0.3 is 20.7 Å². The molecule has 12 nitrogen and oxygen atoms in total. The lowest BCUT2D eigenvalue weighted by molar-refractivity contribution is -0.156. The molecular weight excluding hydrogens is 615 g/mol. The number of carbonyl (C=O) groups is 2. The molecule has 17 heteroatoms. The van der Waals surface area contributed by atoms with Crippen molar-refractivity contribution < 1.29 is 35.9 Å². The van der Waals surface area contributed by atoms with Gasteiger partial charge in [-0.2, -0.15) is 18.2 Å². The molecule has 1 aliphatic carbocycles. The number of anilines is 1. The van der Waals surface area contributed by atoms with Crippen molar-refractivity contribution in [2.45, 2.75) is 43.1 Å². The molecule has 232 valence electrons. The zero-order valence-electron chi connectivity index (χ0n) is 22.8. The monoisotopic (exact) mass is 643 g/mol. The SMILES string of the molecule is CS(=O)(=O)NC(=O)CCNC(=O)c1ccc(NC2N=C(NC3(c4ccc(CCl)cc4)CC3)NC(OCC(F)(F)F)=N2)cc1. The summed E-state index contributed by atoms with van der Waals surface area (Å²) in [6, 6.07) is 13.4. The van der Waals surface area contributed by atoms with Gasteiger partial charge in [-0.25, -0.2) is 13.4 Å². The van der Waals surface area contributed by atoms with Gasteiger partial charge in [0.2, 0.25) is 28.2 Å². The predicted octanol–water partition coefficient (Wildman–Crippen LogP) is 2.49. The molecule has 1 aliphatic heterocycles. The van der Waals surface area contributed by atoms with Crippen molar-refractivity contribution in [2.75, 3.05) is 24.7 Å². The van der Waals surface area contributed by atoms with Gasteiger partial charge in [0, 0.05) is 30.1 Å². The fourth-order valence-electron chi connectivity index (χ4n) is 4.05. The topological polar surface area (TPSA) is 162 Å². The Bertz CT molecular complexity index is 1500. The molecule has 43 heavy (non-hydrogen) atoms. The molecule has 4 rings (SSSR count). The molecule has 0 saturated heterocycles. The number of guanidine groups is 1. The van der Waals surface area contributed by atoms with Crippen molar-refractivity contribution in [2.24, 2.45) is 9.98 Å². The van der Waals surface area contributed by atoms with E-state index in [1.54, 1.807) is 16.9 Å². The lowest BCUT2D eigenvalue weighted by Crippen LogP contribution is -2.50. The van der Waals surface area contributed by atoms with Crippen molar-refractivity contribution in [1.82, 2.24) is 20.7 Å². The van der Waals surface area contributed by atoms with Crippen LogP contribution in [0.5, 0.6) is 0 Å². The highest BCUT2D eigenvalue weighted by Crippen LogP contribution is 2.45. The molecule has 2 aromatic carbocycles. The summed E-state index contributed by atoms with van der Waals surface area (Å²) in [7, 11) is -3.69. The van der Waals surface area contributed by atoms with Gasteiger partial charge in [-0.1, -0.05) is 24.3 Å². The quantitative estimate of drug-likeness (QED) is 0.233. The summed E-state index contributed by atoms with van der Waals surface area (Å²) in [5.41, 5.74) is 2.16. The van der Waals surface area contributed by atoms with Crippen LogP contribution in [0, 0.1) is 0 Å². The number of amidine groups is 1. The molecule has 2 aromatic rings. The molecule has 5 N–H and O–H groups in total. The summed E-state index contributed by atoms with van der Waals surface area (Å²) in [6.45, 7) is -1.64. The summed E-state index contributed by atoms with van der Waals surface area (Å²) in [6.07, 6.45) is -3.49. The summed E-state index contributed by atoms with van der Waals surface area (Å²) < 4.78 is 67.4. The minimum absolute atomic E-state index is 0.0898. The smallest absolute Gasteiger partial charge is 0.422 e. The number of aliphatic imine (C=N–C) groups is 2. The Morgan fingerprint density at radius 3 is 2.35 bits per heavy atom. The number of sulfonamides is 1. The lowest BCUT2D eigenvalue weighted by atomic mass is 10.0. The highest BCUT2D eigenvalue weighted by molar-refractivity contribution is 7.89. The first-order valence-corrected chi connectivity index (χ1v) is 15.4. The first kappa shape index (κ1) is 31.9. The number of carbonyl (C=O) groups excluding carboxylic acids is 2. The van der Waals surface area contributed by atoms with Crippen molar-refractivity contribution in [1.29, 1.82) is 0 Å². The molecule has 0 radical (unpaired) electrons. The fraction of sp³-hybridized carbons (Fsp3) is 0.385. The van der Waals surface area contributed by atoms with Crippen LogP contribution >= 0.6 is 11.6 Å². The Morgan fingerprint density at radius 2 is 1.77 bits per heavy atom. The average molecular weight is 644 g/mol. The van der Waals surface area contributed by atoms with Gasteiger partial charge in [-0.3, -0.25) is 19.6 Å². The molecule has 0 spiro atoms. The highest BCUT2D eigenvalue weighted by atomic mass is 35.5. The van der Waals surface area contributed by atoms with Crippen LogP contribution in [0.2, 0.25) is 0 Å². The fourth-order valence-corrected chi connectivity index (χ4v) is 4.74. The molecule has 0 bridgehead atoms. The Labute approximate surface area is 250 Å². The summed E-state index contributed by atoms with van der Waals surface area (Å²) in [5, 5.41) is 11.4. The zero-order chi connectivity index (χ0) is 31.3. The Hall–Kier alpha value is -4.05. The molecular formula is C26H29ClF3N7O5S. The first-order chi connectivity index (χ1) is 20.2. The second-order valence-corrected chi connectivity index (χ2v) is 11.9. The van der Waals surface area contributed by atoms with Crippen LogP contribution in [-0.4, -0.2) is 64.1 Å². The van der Waals surface area contributed by atoms with Crippen molar-refractivity contribution >= 4 is 51.1 Å². The maximum atomic E-state index is 12.8. The van der Waals surface area contributed by atoms with E-state index in [-0.39, 0.29) is 30.5 Å². The summed E-state index contributed by atoms with van der Waals surface area (Å²) in [5.74, 6) is -0.718. The molecule has 1 heterocycles. The van der Waals surface area contributed by atoms with Crippen LogP contribution in [0.25, 0.3) is 0 Å². The van der Waals surface area contributed by atoms with Gasteiger partial charge in [0.15, 0.2) is 6.61 Å². The number of nitrogens with one attached hydrogen (secondary N) is 5. The van der Waals surface area contributed by atoms with Gasteiger partial charge >= 0.3 is 6.18 Å². The van der Waals surface area contributed by atoms with Crippen molar-refractivity contribution in [3.63, 3.8) is 0 Å². The molecule has 2 aliphatic rings. The average Bonchev–Trinajstić information content (AvgIpc) is 3.71. The first-order valence-electron chi connectivity index (χ1n) is 12.9. The molecule has 1 saturated carbocycles. The standard InChI is InChI=1S/C26H29ClF3N7O5S/c1-43(40,41)37-20(38)10-13-31-21(39)17-4-8-19(9-5-17)32-22-33-23(35-24(34-22)42-15-26(28,29)30)36-25(11-12-25)18-6-2-16(14-27)3-7-18/h2-9,22,32H,10-15H2,1H3,(H,31,39)(H,37,38)(H2,33,34,35,36). The van der Waals surface area contributed by atoms with E-state index in [1.165, 1.54) is 12.1 Å². The number of amides is 2. The highest BCUT2D eigenvalue weighted by Gasteiger charge is 2.45. The largest absolute Gasteiger partial charge is 0.455 e. The van der Waals surface area contributed by atoms with E-state index in [2.05, 4.69) is 31.3 Å². The third-order valence-corrected chi connectivity index (χ3v) is 7.14. The molecule has 2 amide bonds. The summed E-state index contributed by atoms with van der Waals surface area (Å²) in [4.78, 5) is 32.5. The van der Waals surface area contributed by atoms with Crippen LogP contribution < -0.4 is 26.0 Å². The van der Waals surface area contributed by atoms with Gasteiger partial charge in [0.25, 0.3) is 11.9 Å². The Kier molecular flexibility index (Phi) is 9.69. The van der Waals surface area contributed by atoms with E-state index in [0.29, 0.717) is 11.6 Å². The van der Waals surface area contributed by atoms with Gasteiger partial charge in [0.1, 0.15) is 0 Å². The Morgan fingerprint density at radius 1 is 1.09 bits per heavy atom. The number of rotatable bonds is 11. The van der Waals surface area contributed by atoms with E-state index < -0.39 is 46.4 Å². The van der Waals surface area contributed by atoms with Gasteiger partial charge in [-0.05, 0) is 48.2 Å². The number of alkyl halides is 4. The van der Waals surface area contributed by atoms with Crippen LogP contribution in [-0.2, 0) is 31.0 Å².